The van der Waals surface area contributed by atoms with E-state index >= 15 is 0 Å². The first-order valence-corrected chi connectivity index (χ1v) is 7.24. The summed E-state index contributed by atoms with van der Waals surface area (Å²) in [5.41, 5.74) is 6.17. The Hall–Kier alpha value is -0.580. The Morgan fingerprint density at radius 3 is 2.61 bits per heavy atom. The predicted molar refractivity (Wildman–Crippen MR) is 77.8 cm³/mol. The van der Waals surface area contributed by atoms with Crippen LogP contribution < -0.4 is 11.1 Å². The Balaban J connectivity index is 2.08. The molecule has 0 aliphatic heterocycles. The predicted octanol–water partition coefficient (Wildman–Crippen LogP) is 3.70. The summed E-state index contributed by atoms with van der Waals surface area (Å²) >= 11 is 9.24. The summed E-state index contributed by atoms with van der Waals surface area (Å²) in [7, 11) is 0. The van der Waals surface area contributed by atoms with Crippen LogP contribution in [0.25, 0.3) is 0 Å². The van der Waals surface area contributed by atoms with Crippen LogP contribution in [0.4, 0.5) is 5.69 Å². The summed E-state index contributed by atoms with van der Waals surface area (Å²) in [5.74, 6) is -0.101. The lowest BCUT2D eigenvalue weighted by atomic mass is 9.82. The van der Waals surface area contributed by atoms with E-state index in [4.69, 9.17) is 17.3 Å². The van der Waals surface area contributed by atoms with Crippen LogP contribution in [-0.2, 0) is 4.79 Å². The quantitative estimate of drug-likeness (QED) is 0.868. The van der Waals surface area contributed by atoms with Crippen LogP contribution in [0.5, 0.6) is 0 Å². The fraction of sp³-hybridized carbons (Fsp3) is 0.462. The lowest BCUT2D eigenvalue weighted by molar-refractivity contribution is -0.122. The Morgan fingerprint density at radius 1 is 1.33 bits per heavy atom. The summed E-state index contributed by atoms with van der Waals surface area (Å²) in [5, 5.41) is 3.49. The summed E-state index contributed by atoms with van der Waals surface area (Å²) in [4.78, 5) is 12.2. The van der Waals surface area contributed by atoms with Crippen molar-refractivity contribution < 1.29 is 4.79 Å². The van der Waals surface area contributed by atoms with E-state index < -0.39 is 5.54 Å². The van der Waals surface area contributed by atoms with Gasteiger partial charge in [0.25, 0.3) is 0 Å². The molecule has 0 saturated heterocycles. The molecule has 18 heavy (non-hydrogen) atoms. The lowest BCUT2D eigenvalue weighted by Crippen LogP contribution is -2.52. The molecule has 1 aromatic rings. The number of rotatable bonds is 2. The first kappa shape index (κ1) is 13.8. The molecule has 1 aliphatic rings. The molecule has 3 N–H and O–H groups in total. The van der Waals surface area contributed by atoms with Crippen molar-refractivity contribution in [2.75, 3.05) is 5.32 Å². The number of nitrogens with two attached hydrogens (primary N) is 1. The van der Waals surface area contributed by atoms with Crippen molar-refractivity contribution in [2.24, 2.45) is 5.73 Å². The van der Waals surface area contributed by atoms with Gasteiger partial charge in [0, 0.05) is 10.2 Å². The molecule has 0 spiro atoms. The van der Waals surface area contributed by atoms with E-state index in [1.807, 2.05) is 0 Å². The molecule has 3 nitrogen and oxygen atoms in total. The Morgan fingerprint density at radius 2 is 2.00 bits per heavy atom. The highest BCUT2D eigenvalue weighted by molar-refractivity contribution is 9.10. The van der Waals surface area contributed by atoms with Crippen LogP contribution in [0.1, 0.15) is 32.1 Å². The van der Waals surface area contributed by atoms with Crippen molar-refractivity contribution >= 4 is 39.1 Å². The Labute approximate surface area is 120 Å². The molecule has 1 aliphatic carbocycles. The normalized spacial score (nSPS) is 18.4. The largest absolute Gasteiger partial charge is 0.324 e. The third kappa shape index (κ3) is 3.05. The Bertz CT molecular complexity index is 458. The molecular weight excluding hydrogens is 316 g/mol. The zero-order valence-corrected chi connectivity index (χ0v) is 12.4. The number of carbonyl (C=O) groups excluding carboxylic acids is 1. The molecule has 1 amide bonds. The number of anilines is 1. The smallest absolute Gasteiger partial charge is 0.244 e. The fourth-order valence-corrected chi connectivity index (χ4v) is 2.74. The van der Waals surface area contributed by atoms with Crippen LogP contribution in [0.3, 0.4) is 0 Å². The van der Waals surface area contributed by atoms with Crippen molar-refractivity contribution in [3.8, 4) is 0 Å². The number of hydrogen-bond donors (Lipinski definition) is 2. The SMILES string of the molecule is NC1(C(=O)Nc2ccc(Cl)c(Br)c2)CCCCC1. The van der Waals surface area contributed by atoms with E-state index in [0.29, 0.717) is 10.7 Å². The van der Waals surface area contributed by atoms with Crippen molar-refractivity contribution in [1.82, 2.24) is 0 Å². The number of halogens is 2. The van der Waals surface area contributed by atoms with Crippen LogP contribution >= 0.6 is 27.5 Å². The first-order chi connectivity index (χ1) is 8.51. The third-order valence-corrected chi connectivity index (χ3v) is 4.59. The molecule has 0 atom stereocenters. The molecule has 0 aromatic heterocycles. The van der Waals surface area contributed by atoms with Gasteiger partial charge in [0.2, 0.25) is 5.91 Å². The second-order valence-corrected chi connectivity index (χ2v) is 6.06. The van der Waals surface area contributed by atoms with Crippen molar-refractivity contribution in [1.29, 1.82) is 0 Å². The molecular formula is C13H16BrClN2O. The van der Waals surface area contributed by atoms with Gasteiger partial charge >= 0.3 is 0 Å². The van der Waals surface area contributed by atoms with Crippen molar-refractivity contribution in [3.63, 3.8) is 0 Å². The van der Waals surface area contributed by atoms with E-state index in [1.165, 1.54) is 6.42 Å². The van der Waals surface area contributed by atoms with E-state index in [1.54, 1.807) is 18.2 Å². The zero-order valence-electron chi connectivity index (χ0n) is 10.0. The van der Waals surface area contributed by atoms with Gasteiger partial charge in [-0.15, -0.1) is 0 Å². The van der Waals surface area contributed by atoms with Gasteiger partial charge in [-0.2, -0.15) is 0 Å². The van der Waals surface area contributed by atoms with E-state index in [9.17, 15) is 4.79 Å². The summed E-state index contributed by atoms with van der Waals surface area (Å²) in [6.07, 6.45) is 4.72. The molecule has 1 fully saturated rings. The lowest BCUT2D eigenvalue weighted by Gasteiger charge is -2.31. The van der Waals surface area contributed by atoms with Gasteiger partial charge in [-0.05, 0) is 47.0 Å². The molecule has 1 aromatic carbocycles. The summed E-state index contributed by atoms with van der Waals surface area (Å²) < 4.78 is 0.761. The number of hydrogen-bond acceptors (Lipinski definition) is 2. The van der Waals surface area contributed by atoms with Gasteiger partial charge in [-0.3, -0.25) is 4.79 Å². The van der Waals surface area contributed by atoms with Gasteiger partial charge < -0.3 is 11.1 Å². The molecule has 0 radical (unpaired) electrons. The van der Waals surface area contributed by atoms with Crippen LogP contribution in [0.15, 0.2) is 22.7 Å². The number of benzene rings is 1. The molecule has 98 valence electrons. The number of amides is 1. The minimum absolute atomic E-state index is 0.101. The highest BCUT2D eigenvalue weighted by Gasteiger charge is 2.35. The highest BCUT2D eigenvalue weighted by atomic mass is 79.9. The number of carbonyl (C=O) groups is 1. The average molecular weight is 332 g/mol. The highest BCUT2D eigenvalue weighted by Crippen LogP contribution is 2.29. The fourth-order valence-electron chi connectivity index (χ4n) is 2.24. The van der Waals surface area contributed by atoms with Gasteiger partial charge in [0.15, 0.2) is 0 Å². The third-order valence-electron chi connectivity index (χ3n) is 3.38. The van der Waals surface area contributed by atoms with Gasteiger partial charge in [-0.25, -0.2) is 0 Å². The van der Waals surface area contributed by atoms with Crippen LogP contribution in [0.2, 0.25) is 5.02 Å². The Kier molecular flexibility index (Phi) is 4.30. The number of nitrogens with one attached hydrogen (secondary N) is 1. The molecule has 0 unspecified atom stereocenters. The van der Waals surface area contributed by atoms with Crippen molar-refractivity contribution in [2.45, 2.75) is 37.6 Å². The summed E-state index contributed by atoms with van der Waals surface area (Å²) in [6.45, 7) is 0. The minimum Gasteiger partial charge on any atom is -0.324 e. The second-order valence-electron chi connectivity index (χ2n) is 4.80. The van der Waals surface area contributed by atoms with E-state index in [2.05, 4.69) is 21.2 Å². The van der Waals surface area contributed by atoms with Gasteiger partial charge in [0.05, 0.1) is 10.6 Å². The maximum atomic E-state index is 12.2. The maximum absolute atomic E-state index is 12.2. The van der Waals surface area contributed by atoms with Crippen LogP contribution in [-0.4, -0.2) is 11.4 Å². The zero-order chi connectivity index (χ0) is 13.2. The minimum atomic E-state index is -0.718. The van der Waals surface area contributed by atoms with E-state index in [-0.39, 0.29) is 5.91 Å². The molecule has 0 bridgehead atoms. The molecule has 0 heterocycles. The van der Waals surface area contributed by atoms with E-state index in [0.717, 1.165) is 30.2 Å². The summed E-state index contributed by atoms with van der Waals surface area (Å²) in [6, 6.07) is 5.30. The standard InChI is InChI=1S/C13H16BrClN2O/c14-10-8-9(4-5-11(10)15)17-12(18)13(16)6-2-1-3-7-13/h4-5,8H,1-3,6-7,16H2,(H,17,18). The second kappa shape index (κ2) is 5.59. The molecule has 5 heteroatoms. The van der Waals surface area contributed by atoms with Crippen LogP contribution in [0, 0.1) is 0 Å². The van der Waals surface area contributed by atoms with Crippen molar-refractivity contribution in [3.05, 3.63) is 27.7 Å². The monoisotopic (exact) mass is 330 g/mol. The maximum Gasteiger partial charge on any atom is 0.244 e. The average Bonchev–Trinajstić information content (AvgIpc) is 2.35. The molecule has 1 saturated carbocycles. The molecule has 2 rings (SSSR count). The van der Waals surface area contributed by atoms with Gasteiger partial charge in [0.1, 0.15) is 0 Å². The topological polar surface area (TPSA) is 55.1 Å². The first-order valence-electron chi connectivity index (χ1n) is 6.07. The van der Waals surface area contributed by atoms with Gasteiger partial charge in [-0.1, -0.05) is 30.9 Å².